The van der Waals surface area contributed by atoms with E-state index in [1.165, 1.54) is 14.2 Å². The third kappa shape index (κ3) is 4.56. The number of esters is 2. The Kier molecular flexibility index (Phi) is 6.34. The molecule has 112 valence electrons. The van der Waals surface area contributed by atoms with E-state index in [4.69, 9.17) is 0 Å². The number of carbonyl (C=O) groups excluding carboxylic acids is 2. The van der Waals surface area contributed by atoms with Gasteiger partial charge in [0.25, 0.3) is 0 Å². The Balaban J connectivity index is 2.98. The molecule has 1 rings (SSSR count). The molecule has 0 atom stereocenters. The topological polar surface area (TPSA) is 89.3 Å². The summed E-state index contributed by atoms with van der Waals surface area (Å²) < 4.78 is 9.23. The van der Waals surface area contributed by atoms with E-state index in [1.807, 2.05) is 0 Å². The maximum Gasteiger partial charge on any atom is 0.305 e. The summed E-state index contributed by atoms with van der Waals surface area (Å²) in [4.78, 5) is 26.7. The maximum absolute atomic E-state index is 11.4. The fraction of sp³-hybridized carbons (Fsp3) is 0.467. The van der Waals surface area contributed by atoms with Crippen LogP contribution in [0.3, 0.4) is 0 Å². The van der Waals surface area contributed by atoms with Crippen molar-refractivity contribution in [2.24, 2.45) is 0 Å². The molecule has 0 fully saturated rings. The zero-order valence-electron chi connectivity index (χ0n) is 12.2. The van der Waals surface area contributed by atoms with Gasteiger partial charge in [-0.1, -0.05) is 6.07 Å². The Morgan fingerprint density at radius 2 is 1.81 bits per heavy atom. The van der Waals surface area contributed by atoms with Crippen LogP contribution in [0.1, 0.15) is 31.2 Å². The van der Waals surface area contributed by atoms with Crippen LogP contribution >= 0.6 is 0 Å². The second-order valence-electron chi connectivity index (χ2n) is 4.59. The number of ether oxygens (including phenoxy) is 2. The summed E-state index contributed by atoms with van der Waals surface area (Å²) in [5.41, 5.74) is -0.281. The number of nitriles is 1. The lowest BCUT2D eigenvalue weighted by Gasteiger charge is -2.26. The van der Waals surface area contributed by atoms with Gasteiger partial charge < -0.3 is 9.47 Å². The van der Waals surface area contributed by atoms with Crippen molar-refractivity contribution in [1.29, 1.82) is 5.26 Å². The predicted octanol–water partition coefficient (Wildman–Crippen LogP) is 1.75. The molecule has 0 aliphatic rings. The van der Waals surface area contributed by atoms with Crippen LogP contribution in [0, 0.1) is 11.3 Å². The highest BCUT2D eigenvalue weighted by molar-refractivity contribution is 5.70. The second-order valence-corrected chi connectivity index (χ2v) is 4.59. The first kappa shape index (κ1) is 16.6. The summed E-state index contributed by atoms with van der Waals surface area (Å²) in [6.07, 6.45) is 3.90. The van der Waals surface area contributed by atoms with E-state index in [0.29, 0.717) is 5.56 Å². The maximum atomic E-state index is 11.4. The van der Waals surface area contributed by atoms with E-state index < -0.39 is 17.4 Å². The minimum absolute atomic E-state index is 0.0973. The Morgan fingerprint density at radius 1 is 1.24 bits per heavy atom. The molecule has 0 N–H and O–H groups in total. The Hall–Kier alpha value is -2.42. The Bertz CT molecular complexity index is 502. The number of nitrogens with zero attached hydrogens (tertiary/aromatic N) is 2. The van der Waals surface area contributed by atoms with Gasteiger partial charge in [-0.15, -0.1) is 0 Å². The molecule has 0 saturated carbocycles. The fourth-order valence-corrected chi connectivity index (χ4v) is 2.07. The van der Waals surface area contributed by atoms with Gasteiger partial charge in [0.2, 0.25) is 0 Å². The molecule has 1 heterocycles. The molecule has 0 aromatic carbocycles. The van der Waals surface area contributed by atoms with Crippen molar-refractivity contribution < 1.29 is 19.1 Å². The van der Waals surface area contributed by atoms with Crippen LogP contribution in [0.4, 0.5) is 0 Å². The third-order valence-electron chi connectivity index (χ3n) is 3.40. The minimum Gasteiger partial charge on any atom is -0.469 e. The average Bonchev–Trinajstić information content (AvgIpc) is 2.55. The molecule has 1 aromatic rings. The highest BCUT2D eigenvalue weighted by Crippen LogP contribution is 2.33. The van der Waals surface area contributed by atoms with E-state index in [-0.39, 0.29) is 25.7 Å². The number of aromatic nitrogens is 1. The van der Waals surface area contributed by atoms with Crippen molar-refractivity contribution in [3.63, 3.8) is 0 Å². The zero-order valence-corrected chi connectivity index (χ0v) is 12.2. The number of carbonyl (C=O) groups is 2. The molecule has 6 nitrogen and oxygen atoms in total. The van der Waals surface area contributed by atoms with Crippen molar-refractivity contribution in [2.75, 3.05) is 14.2 Å². The minimum atomic E-state index is -0.962. The Morgan fingerprint density at radius 3 is 2.19 bits per heavy atom. The summed E-state index contributed by atoms with van der Waals surface area (Å²) in [5.74, 6) is -0.784. The third-order valence-corrected chi connectivity index (χ3v) is 3.40. The van der Waals surface area contributed by atoms with Crippen LogP contribution in [-0.2, 0) is 24.5 Å². The van der Waals surface area contributed by atoms with Gasteiger partial charge in [0, 0.05) is 25.2 Å². The highest BCUT2D eigenvalue weighted by atomic mass is 16.5. The monoisotopic (exact) mass is 290 g/mol. The molecule has 21 heavy (non-hydrogen) atoms. The first-order valence-electron chi connectivity index (χ1n) is 6.53. The molecule has 0 aliphatic heterocycles. The molecule has 0 unspecified atom stereocenters. The van der Waals surface area contributed by atoms with E-state index >= 15 is 0 Å². The standard InChI is InChI=1S/C15H18N2O4/c1-20-13(18)5-7-15(11-16,8-6-14(19)21-2)12-4-3-9-17-10-12/h3-4,9-10H,5-8H2,1-2H3. The molecular weight excluding hydrogens is 272 g/mol. The number of hydrogen-bond acceptors (Lipinski definition) is 6. The smallest absolute Gasteiger partial charge is 0.305 e. The molecule has 0 saturated heterocycles. The summed E-state index contributed by atoms with van der Waals surface area (Å²) in [6.45, 7) is 0. The van der Waals surface area contributed by atoms with Crippen LogP contribution in [0.2, 0.25) is 0 Å². The van der Waals surface area contributed by atoms with Gasteiger partial charge in [-0.3, -0.25) is 14.6 Å². The molecule has 0 bridgehead atoms. The van der Waals surface area contributed by atoms with E-state index in [1.54, 1.807) is 24.5 Å². The van der Waals surface area contributed by atoms with Gasteiger partial charge >= 0.3 is 11.9 Å². The number of rotatable bonds is 7. The van der Waals surface area contributed by atoms with Crippen molar-refractivity contribution in [2.45, 2.75) is 31.1 Å². The summed E-state index contributed by atoms with van der Waals surface area (Å²) >= 11 is 0. The summed E-state index contributed by atoms with van der Waals surface area (Å²) in [5, 5.41) is 9.62. The van der Waals surface area contributed by atoms with Gasteiger partial charge in [0.15, 0.2) is 0 Å². The van der Waals surface area contributed by atoms with Crippen LogP contribution in [0.15, 0.2) is 24.5 Å². The van der Waals surface area contributed by atoms with Gasteiger partial charge in [0.1, 0.15) is 0 Å². The van der Waals surface area contributed by atoms with Crippen LogP contribution in [0.5, 0.6) is 0 Å². The normalized spacial score (nSPS) is 10.5. The lowest BCUT2D eigenvalue weighted by molar-refractivity contribution is -0.141. The molecule has 0 radical (unpaired) electrons. The average molecular weight is 290 g/mol. The van der Waals surface area contributed by atoms with Crippen molar-refractivity contribution in [3.8, 4) is 6.07 Å². The van der Waals surface area contributed by atoms with Crippen LogP contribution < -0.4 is 0 Å². The van der Waals surface area contributed by atoms with E-state index in [0.717, 1.165) is 0 Å². The van der Waals surface area contributed by atoms with Gasteiger partial charge in [-0.05, 0) is 24.5 Å². The van der Waals surface area contributed by atoms with Crippen molar-refractivity contribution >= 4 is 11.9 Å². The lowest BCUT2D eigenvalue weighted by Crippen LogP contribution is -2.27. The Labute approximate surface area is 123 Å². The first-order valence-corrected chi connectivity index (χ1v) is 6.53. The molecule has 0 amide bonds. The summed E-state index contributed by atoms with van der Waals surface area (Å²) in [7, 11) is 2.60. The molecule has 6 heteroatoms. The first-order chi connectivity index (χ1) is 10.1. The quantitative estimate of drug-likeness (QED) is 0.711. The molecule has 0 aliphatic carbocycles. The van der Waals surface area contributed by atoms with E-state index in [2.05, 4.69) is 20.5 Å². The van der Waals surface area contributed by atoms with Crippen LogP contribution in [-0.4, -0.2) is 31.1 Å². The predicted molar refractivity (Wildman–Crippen MR) is 74.0 cm³/mol. The number of hydrogen-bond donors (Lipinski definition) is 0. The largest absolute Gasteiger partial charge is 0.469 e. The SMILES string of the molecule is COC(=O)CCC(C#N)(CCC(=O)OC)c1cccnc1. The van der Waals surface area contributed by atoms with E-state index in [9.17, 15) is 14.9 Å². The summed E-state index contributed by atoms with van der Waals surface area (Å²) in [6, 6.07) is 5.72. The molecule has 1 aromatic heterocycles. The number of methoxy groups -OCH3 is 2. The highest BCUT2D eigenvalue weighted by Gasteiger charge is 2.34. The lowest BCUT2D eigenvalue weighted by atomic mass is 9.75. The zero-order chi connectivity index (χ0) is 15.7. The van der Waals surface area contributed by atoms with Gasteiger partial charge in [-0.25, -0.2) is 0 Å². The molecular formula is C15H18N2O4. The number of pyridine rings is 1. The fourth-order valence-electron chi connectivity index (χ4n) is 2.07. The van der Waals surface area contributed by atoms with Crippen molar-refractivity contribution in [1.82, 2.24) is 4.98 Å². The molecule has 0 spiro atoms. The van der Waals surface area contributed by atoms with Gasteiger partial charge in [-0.2, -0.15) is 5.26 Å². The van der Waals surface area contributed by atoms with Gasteiger partial charge in [0.05, 0.1) is 25.7 Å². The second kappa shape index (κ2) is 8.00. The van der Waals surface area contributed by atoms with Crippen LogP contribution in [0.25, 0.3) is 0 Å². The van der Waals surface area contributed by atoms with Crippen molar-refractivity contribution in [3.05, 3.63) is 30.1 Å².